The fourth-order valence-electron chi connectivity index (χ4n) is 1.32. The molecular weight excluding hydrogens is 202 g/mol. The molecule has 0 saturated heterocycles. The average molecular weight is 219 g/mol. The monoisotopic (exact) mass is 219 g/mol. The first-order valence-corrected chi connectivity index (χ1v) is 5.66. The molecule has 0 unspecified atom stereocenters. The maximum atomic E-state index is 5.44. The average Bonchev–Trinajstić information content (AvgIpc) is 3.11. The normalized spacial score (nSPS) is 14.8. The zero-order chi connectivity index (χ0) is 11.2. The minimum absolute atomic E-state index is 0.594. The van der Waals surface area contributed by atoms with Gasteiger partial charge in [0.1, 0.15) is 0 Å². The lowest BCUT2D eigenvalue weighted by molar-refractivity contribution is 0.309. The van der Waals surface area contributed by atoms with Crippen LogP contribution in [-0.4, -0.2) is 22.6 Å². The Labute approximate surface area is 95.8 Å². The van der Waals surface area contributed by atoms with Gasteiger partial charge in [-0.2, -0.15) is 0 Å². The van der Waals surface area contributed by atoms with Gasteiger partial charge in [-0.25, -0.2) is 4.98 Å². The third-order valence-corrected chi connectivity index (χ3v) is 2.38. The number of ether oxygens (including phenoxy) is 1. The Kier molecular flexibility index (Phi) is 3.88. The molecule has 0 bridgehead atoms. The molecule has 0 spiro atoms. The van der Waals surface area contributed by atoms with Gasteiger partial charge in [0.15, 0.2) is 0 Å². The van der Waals surface area contributed by atoms with Crippen molar-refractivity contribution in [2.24, 2.45) is 0 Å². The van der Waals surface area contributed by atoms with Crippen molar-refractivity contribution in [2.45, 2.75) is 31.8 Å². The maximum Gasteiger partial charge on any atom is 0.232 e. The Morgan fingerprint density at radius 2 is 2.38 bits per heavy atom. The van der Waals surface area contributed by atoms with E-state index in [-0.39, 0.29) is 0 Å². The van der Waals surface area contributed by atoms with Gasteiger partial charge in [0.25, 0.3) is 0 Å². The van der Waals surface area contributed by atoms with Crippen molar-refractivity contribution in [1.82, 2.24) is 15.3 Å². The quantitative estimate of drug-likeness (QED) is 0.560. The van der Waals surface area contributed by atoms with Crippen LogP contribution >= 0.6 is 0 Å². The molecule has 16 heavy (non-hydrogen) atoms. The fourth-order valence-corrected chi connectivity index (χ4v) is 1.32. The molecule has 0 aliphatic heterocycles. The van der Waals surface area contributed by atoms with E-state index in [9.17, 15) is 0 Å². The molecular formula is C12H17N3O. The first kappa shape index (κ1) is 11.1. The predicted octanol–water partition coefficient (Wildman–Crippen LogP) is 1.68. The van der Waals surface area contributed by atoms with E-state index in [0.29, 0.717) is 18.5 Å². The van der Waals surface area contributed by atoms with Crippen molar-refractivity contribution in [2.75, 3.05) is 6.61 Å². The van der Waals surface area contributed by atoms with E-state index in [1.165, 1.54) is 12.8 Å². The van der Waals surface area contributed by atoms with E-state index in [1.807, 2.05) is 6.08 Å². The lowest BCUT2D eigenvalue weighted by Gasteiger charge is -2.05. The van der Waals surface area contributed by atoms with Crippen LogP contribution in [0.1, 0.15) is 25.0 Å². The summed E-state index contributed by atoms with van der Waals surface area (Å²) in [5.74, 6) is 0.594. The van der Waals surface area contributed by atoms with Gasteiger partial charge in [-0.1, -0.05) is 6.08 Å². The summed E-state index contributed by atoms with van der Waals surface area (Å²) < 4.78 is 5.44. The minimum atomic E-state index is 0.594. The maximum absolute atomic E-state index is 5.44. The van der Waals surface area contributed by atoms with Crippen molar-refractivity contribution >= 4 is 0 Å². The van der Waals surface area contributed by atoms with Crippen molar-refractivity contribution < 1.29 is 4.74 Å². The molecule has 0 amide bonds. The first-order valence-electron chi connectivity index (χ1n) is 5.66. The number of nitrogens with one attached hydrogen (secondary N) is 1. The van der Waals surface area contributed by atoms with Crippen LogP contribution in [0.25, 0.3) is 0 Å². The Bertz CT molecular complexity index is 350. The molecule has 1 saturated carbocycles. The van der Waals surface area contributed by atoms with Gasteiger partial charge in [-0.15, -0.1) is 6.58 Å². The highest BCUT2D eigenvalue weighted by molar-refractivity contribution is 5.08. The van der Waals surface area contributed by atoms with E-state index in [4.69, 9.17) is 4.74 Å². The van der Waals surface area contributed by atoms with Crippen molar-refractivity contribution in [3.05, 3.63) is 30.7 Å². The third kappa shape index (κ3) is 3.62. The number of nitrogens with zero attached hydrogens (tertiary/aromatic N) is 2. The number of hydrogen-bond acceptors (Lipinski definition) is 4. The molecule has 4 nitrogen and oxygen atoms in total. The van der Waals surface area contributed by atoms with Crippen LogP contribution in [0.2, 0.25) is 0 Å². The van der Waals surface area contributed by atoms with Crippen LogP contribution < -0.4 is 10.1 Å². The lowest BCUT2D eigenvalue weighted by Crippen LogP contribution is -2.16. The Balaban J connectivity index is 1.82. The summed E-state index contributed by atoms with van der Waals surface area (Å²) in [4.78, 5) is 8.47. The van der Waals surface area contributed by atoms with Gasteiger partial charge in [-0.05, 0) is 19.3 Å². The molecule has 1 aliphatic carbocycles. The molecule has 0 atom stereocenters. The van der Waals surface area contributed by atoms with Crippen LogP contribution in [0.4, 0.5) is 0 Å². The van der Waals surface area contributed by atoms with E-state index in [2.05, 4.69) is 21.9 Å². The highest BCUT2D eigenvalue weighted by Gasteiger charge is 2.20. The summed E-state index contributed by atoms with van der Waals surface area (Å²) in [5.41, 5.74) is 0.933. The lowest BCUT2D eigenvalue weighted by atomic mass is 10.4. The van der Waals surface area contributed by atoms with Crippen LogP contribution in [0, 0.1) is 0 Å². The molecule has 1 heterocycles. The Morgan fingerprint density at radius 1 is 1.50 bits per heavy atom. The second kappa shape index (κ2) is 5.61. The first-order chi connectivity index (χ1) is 7.88. The zero-order valence-corrected chi connectivity index (χ0v) is 9.35. The molecule has 1 N–H and O–H groups in total. The molecule has 1 aromatic heterocycles. The van der Waals surface area contributed by atoms with E-state index in [1.54, 1.807) is 12.4 Å². The smallest absolute Gasteiger partial charge is 0.232 e. The summed E-state index contributed by atoms with van der Waals surface area (Å²) in [6.45, 7) is 5.02. The molecule has 1 fully saturated rings. The summed E-state index contributed by atoms with van der Waals surface area (Å²) in [6, 6.07) is 0.687. The van der Waals surface area contributed by atoms with Crippen molar-refractivity contribution in [1.29, 1.82) is 0 Å². The van der Waals surface area contributed by atoms with Gasteiger partial charge >= 0.3 is 0 Å². The summed E-state index contributed by atoms with van der Waals surface area (Å²) in [7, 11) is 0. The van der Waals surface area contributed by atoms with Gasteiger partial charge in [0.2, 0.25) is 5.88 Å². The standard InChI is InChI=1S/C12H17N3O/c1-2-3-6-16-12-9-13-7-11(15-12)8-14-10-4-5-10/h2,7,9-10,14H,1,3-6,8H2. The van der Waals surface area contributed by atoms with Gasteiger partial charge in [0.05, 0.1) is 18.5 Å². The van der Waals surface area contributed by atoms with Crippen LogP contribution in [0.15, 0.2) is 25.0 Å². The minimum Gasteiger partial charge on any atom is -0.476 e. The molecule has 1 aromatic rings. The number of aromatic nitrogens is 2. The number of hydrogen-bond donors (Lipinski definition) is 1. The third-order valence-electron chi connectivity index (χ3n) is 2.38. The molecule has 86 valence electrons. The topological polar surface area (TPSA) is 47.0 Å². The SMILES string of the molecule is C=CCCOc1cncc(CNC2CC2)n1. The van der Waals surface area contributed by atoms with Crippen LogP contribution in [0.5, 0.6) is 5.88 Å². The van der Waals surface area contributed by atoms with Crippen LogP contribution in [-0.2, 0) is 6.54 Å². The predicted molar refractivity (Wildman–Crippen MR) is 62.2 cm³/mol. The molecule has 1 aliphatic rings. The van der Waals surface area contributed by atoms with Crippen molar-refractivity contribution in [3.63, 3.8) is 0 Å². The van der Waals surface area contributed by atoms with Crippen molar-refractivity contribution in [3.8, 4) is 5.88 Å². The van der Waals surface area contributed by atoms with E-state index >= 15 is 0 Å². The zero-order valence-electron chi connectivity index (χ0n) is 9.35. The highest BCUT2D eigenvalue weighted by Crippen LogP contribution is 2.19. The van der Waals surface area contributed by atoms with Gasteiger partial charge < -0.3 is 10.1 Å². The molecule has 0 aromatic carbocycles. The van der Waals surface area contributed by atoms with Crippen LogP contribution in [0.3, 0.4) is 0 Å². The highest BCUT2D eigenvalue weighted by atomic mass is 16.5. The second-order valence-electron chi connectivity index (χ2n) is 3.93. The second-order valence-corrected chi connectivity index (χ2v) is 3.93. The fraction of sp³-hybridized carbons (Fsp3) is 0.500. The number of rotatable bonds is 7. The largest absolute Gasteiger partial charge is 0.476 e. The summed E-state index contributed by atoms with van der Waals surface area (Å²) in [6.07, 6.45) is 8.63. The Morgan fingerprint density at radius 3 is 3.12 bits per heavy atom. The van der Waals surface area contributed by atoms with Gasteiger partial charge in [0, 0.05) is 18.8 Å². The van der Waals surface area contributed by atoms with E-state index in [0.717, 1.165) is 18.7 Å². The van der Waals surface area contributed by atoms with Gasteiger partial charge in [-0.3, -0.25) is 4.98 Å². The van der Waals surface area contributed by atoms with E-state index < -0.39 is 0 Å². The Hall–Kier alpha value is -1.42. The molecule has 4 heteroatoms. The summed E-state index contributed by atoms with van der Waals surface area (Å²) >= 11 is 0. The summed E-state index contributed by atoms with van der Waals surface area (Å²) in [5, 5.41) is 3.39. The molecule has 2 rings (SSSR count). The molecule has 0 radical (unpaired) electrons.